The van der Waals surface area contributed by atoms with Gasteiger partial charge in [0.1, 0.15) is 5.78 Å². The van der Waals surface area contributed by atoms with Crippen LogP contribution in [0.1, 0.15) is 64.7 Å². The Bertz CT molecular complexity index is 258. The highest BCUT2D eigenvalue weighted by atomic mass is 16.1. The maximum atomic E-state index is 12.4. The van der Waals surface area contributed by atoms with E-state index in [2.05, 4.69) is 12.2 Å². The van der Waals surface area contributed by atoms with Crippen LogP contribution in [-0.2, 0) is 4.79 Å². The number of piperidine rings is 1. The van der Waals surface area contributed by atoms with Gasteiger partial charge in [-0.2, -0.15) is 0 Å². The van der Waals surface area contributed by atoms with Crippen molar-refractivity contribution in [3.8, 4) is 0 Å². The predicted octanol–water partition coefficient (Wildman–Crippen LogP) is 3.55. The van der Waals surface area contributed by atoms with Crippen LogP contribution in [-0.4, -0.2) is 18.9 Å². The van der Waals surface area contributed by atoms with Crippen molar-refractivity contribution in [3.63, 3.8) is 0 Å². The van der Waals surface area contributed by atoms with E-state index in [1.807, 2.05) is 0 Å². The van der Waals surface area contributed by atoms with Crippen molar-refractivity contribution in [3.05, 3.63) is 0 Å². The van der Waals surface area contributed by atoms with Crippen molar-refractivity contribution >= 4 is 5.78 Å². The number of ketones is 1. The van der Waals surface area contributed by atoms with E-state index in [0.717, 1.165) is 31.8 Å². The van der Waals surface area contributed by atoms with E-state index in [1.165, 1.54) is 44.9 Å². The maximum Gasteiger partial charge on any atom is 0.136 e. The topological polar surface area (TPSA) is 29.1 Å². The summed E-state index contributed by atoms with van der Waals surface area (Å²) < 4.78 is 0. The van der Waals surface area contributed by atoms with E-state index < -0.39 is 0 Å². The second kappa shape index (κ2) is 7.28. The highest BCUT2D eigenvalue weighted by Crippen LogP contribution is 2.34. The third kappa shape index (κ3) is 3.81. The van der Waals surface area contributed by atoms with E-state index in [9.17, 15) is 4.79 Å². The largest absolute Gasteiger partial charge is 0.317 e. The minimum absolute atomic E-state index is 0.408. The molecule has 1 saturated carbocycles. The molecule has 0 aromatic carbocycles. The highest BCUT2D eigenvalue weighted by molar-refractivity contribution is 5.81. The van der Waals surface area contributed by atoms with Gasteiger partial charge in [0.25, 0.3) is 0 Å². The summed E-state index contributed by atoms with van der Waals surface area (Å²) in [4.78, 5) is 12.4. The van der Waals surface area contributed by atoms with Crippen LogP contribution in [0.15, 0.2) is 0 Å². The van der Waals surface area contributed by atoms with Gasteiger partial charge in [-0.3, -0.25) is 4.79 Å². The van der Waals surface area contributed by atoms with Gasteiger partial charge >= 0.3 is 0 Å². The molecule has 1 aliphatic heterocycles. The molecule has 2 nitrogen and oxygen atoms in total. The summed E-state index contributed by atoms with van der Waals surface area (Å²) in [5, 5.41) is 3.40. The Labute approximate surface area is 112 Å². The van der Waals surface area contributed by atoms with Crippen LogP contribution in [0.2, 0.25) is 0 Å². The van der Waals surface area contributed by atoms with Crippen LogP contribution < -0.4 is 5.32 Å². The Hall–Kier alpha value is -0.370. The van der Waals surface area contributed by atoms with Crippen molar-refractivity contribution in [2.45, 2.75) is 64.7 Å². The van der Waals surface area contributed by atoms with E-state index in [0.29, 0.717) is 17.6 Å². The molecule has 1 aliphatic carbocycles. The Morgan fingerprint density at radius 1 is 1.11 bits per heavy atom. The minimum Gasteiger partial charge on any atom is -0.317 e. The fourth-order valence-corrected chi connectivity index (χ4v) is 3.82. The molecule has 2 aliphatic rings. The molecule has 0 aromatic heterocycles. The summed E-state index contributed by atoms with van der Waals surface area (Å²) in [6, 6.07) is 0. The number of hydrogen-bond acceptors (Lipinski definition) is 2. The van der Waals surface area contributed by atoms with Crippen molar-refractivity contribution in [1.82, 2.24) is 5.32 Å². The average Bonchev–Trinajstić information content (AvgIpc) is 2.45. The molecule has 1 N–H and O–H groups in total. The molecule has 2 atom stereocenters. The van der Waals surface area contributed by atoms with Gasteiger partial charge in [-0.25, -0.2) is 0 Å². The molecule has 0 aromatic rings. The lowest BCUT2D eigenvalue weighted by Crippen LogP contribution is -2.30. The summed E-state index contributed by atoms with van der Waals surface area (Å²) in [5.41, 5.74) is 0. The molecule has 0 bridgehead atoms. The fourth-order valence-electron chi connectivity index (χ4n) is 3.82. The molecule has 1 saturated heterocycles. The normalized spacial score (nSPS) is 30.3. The van der Waals surface area contributed by atoms with Gasteiger partial charge in [0.05, 0.1) is 0 Å². The van der Waals surface area contributed by atoms with E-state index >= 15 is 0 Å². The molecule has 0 radical (unpaired) electrons. The third-order valence-corrected chi connectivity index (χ3v) is 5.10. The first kappa shape index (κ1) is 14.0. The van der Waals surface area contributed by atoms with E-state index in [-0.39, 0.29) is 0 Å². The van der Waals surface area contributed by atoms with Crippen molar-refractivity contribution in [2.24, 2.45) is 17.8 Å². The number of rotatable bonds is 5. The molecule has 0 amide bonds. The summed E-state index contributed by atoms with van der Waals surface area (Å²) in [6.45, 7) is 4.56. The van der Waals surface area contributed by atoms with Crippen LogP contribution in [0, 0.1) is 17.8 Å². The molecule has 2 fully saturated rings. The average molecular weight is 251 g/mol. The summed E-state index contributed by atoms with van der Waals surface area (Å²) in [7, 11) is 0. The Kier molecular flexibility index (Phi) is 5.68. The van der Waals surface area contributed by atoms with Crippen molar-refractivity contribution < 1.29 is 4.79 Å². The zero-order valence-electron chi connectivity index (χ0n) is 11.9. The van der Waals surface area contributed by atoms with Crippen LogP contribution in [0.4, 0.5) is 0 Å². The van der Waals surface area contributed by atoms with Crippen molar-refractivity contribution in [1.29, 1.82) is 0 Å². The number of Topliss-reactive ketones (excluding diaryl/α,β-unsaturated/α-hetero) is 1. The monoisotopic (exact) mass is 251 g/mol. The summed E-state index contributed by atoms with van der Waals surface area (Å²) >= 11 is 0. The maximum absolute atomic E-state index is 12.4. The van der Waals surface area contributed by atoms with E-state index in [1.54, 1.807) is 0 Å². The number of carbonyl (C=O) groups excluding carboxylic acids is 1. The zero-order valence-corrected chi connectivity index (χ0v) is 11.9. The molecule has 2 unspecified atom stereocenters. The molecular weight excluding hydrogens is 222 g/mol. The van der Waals surface area contributed by atoms with Gasteiger partial charge in [-0.15, -0.1) is 0 Å². The van der Waals surface area contributed by atoms with Crippen LogP contribution >= 0.6 is 0 Å². The van der Waals surface area contributed by atoms with E-state index in [4.69, 9.17) is 0 Å². The van der Waals surface area contributed by atoms with Gasteiger partial charge < -0.3 is 5.32 Å². The number of hydrogen-bond donors (Lipinski definition) is 1. The fraction of sp³-hybridized carbons (Fsp3) is 0.938. The standard InChI is InChI=1S/C16H29NO/c1-2-14-5-3-4-6-15(14)16(18)8-7-13-9-11-17-12-10-13/h13-15,17H,2-12H2,1H3. The van der Waals surface area contributed by atoms with Gasteiger partial charge in [0.15, 0.2) is 0 Å². The molecule has 104 valence electrons. The van der Waals surface area contributed by atoms with Crippen LogP contribution in [0.5, 0.6) is 0 Å². The molecule has 1 heterocycles. The van der Waals surface area contributed by atoms with Crippen LogP contribution in [0.3, 0.4) is 0 Å². The Balaban J connectivity index is 1.75. The lowest BCUT2D eigenvalue weighted by Gasteiger charge is -2.30. The molecule has 18 heavy (non-hydrogen) atoms. The molecule has 2 rings (SSSR count). The Morgan fingerprint density at radius 2 is 1.83 bits per heavy atom. The SMILES string of the molecule is CCC1CCCCC1C(=O)CCC1CCNCC1. The van der Waals surface area contributed by atoms with Gasteiger partial charge in [-0.1, -0.05) is 26.2 Å². The smallest absolute Gasteiger partial charge is 0.136 e. The quantitative estimate of drug-likeness (QED) is 0.809. The molecule has 2 heteroatoms. The second-order valence-electron chi connectivity index (χ2n) is 6.26. The summed E-state index contributed by atoms with van der Waals surface area (Å²) in [5.74, 6) is 2.49. The lowest BCUT2D eigenvalue weighted by molar-refractivity contribution is -0.126. The predicted molar refractivity (Wildman–Crippen MR) is 75.6 cm³/mol. The Morgan fingerprint density at radius 3 is 2.56 bits per heavy atom. The van der Waals surface area contributed by atoms with Gasteiger partial charge in [0.2, 0.25) is 0 Å². The minimum atomic E-state index is 0.408. The van der Waals surface area contributed by atoms with Crippen molar-refractivity contribution in [2.75, 3.05) is 13.1 Å². The number of carbonyl (C=O) groups is 1. The second-order valence-corrected chi connectivity index (χ2v) is 6.26. The third-order valence-electron chi connectivity index (χ3n) is 5.10. The van der Waals surface area contributed by atoms with Gasteiger partial charge in [-0.05, 0) is 57.0 Å². The number of nitrogens with one attached hydrogen (secondary N) is 1. The van der Waals surface area contributed by atoms with Crippen LogP contribution in [0.25, 0.3) is 0 Å². The molecular formula is C16H29NO. The summed E-state index contributed by atoms with van der Waals surface area (Å²) in [6.07, 6.45) is 10.8. The first-order valence-corrected chi connectivity index (χ1v) is 8.04. The first-order valence-electron chi connectivity index (χ1n) is 8.04. The first-order chi connectivity index (χ1) is 8.81. The molecule has 0 spiro atoms. The lowest BCUT2D eigenvalue weighted by atomic mass is 9.74. The zero-order chi connectivity index (χ0) is 12.8. The highest BCUT2D eigenvalue weighted by Gasteiger charge is 2.29. The van der Waals surface area contributed by atoms with Gasteiger partial charge in [0, 0.05) is 12.3 Å².